The predicted molar refractivity (Wildman–Crippen MR) is 163 cm³/mol. The molecule has 0 aromatic carbocycles. The van der Waals surface area contributed by atoms with E-state index in [0.29, 0.717) is 0 Å². The zero-order valence-corrected chi connectivity index (χ0v) is 25.1. The van der Waals surface area contributed by atoms with Crippen LogP contribution in [0.2, 0.25) is 0 Å². The Kier molecular flexibility index (Phi) is 15.3. The molecule has 6 heterocycles. The number of likely N-dealkylation sites (tertiary alicyclic amines) is 3. The van der Waals surface area contributed by atoms with Crippen LogP contribution in [-0.4, -0.2) is 111 Å². The lowest BCUT2D eigenvalue weighted by molar-refractivity contribution is 0.259. The Hall–Kier alpha value is -0.240. The van der Waals surface area contributed by atoms with Crippen molar-refractivity contribution in [2.75, 3.05) is 78.5 Å². The third-order valence-electron chi connectivity index (χ3n) is 9.77. The number of hydrogen-bond donors (Lipinski definition) is 3. The highest BCUT2D eigenvalue weighted by molar-refractivity contribution is 4.80. The summed E-state index contributed by atoms with van der Waals surface area (Å²) in [5.74, 6) is 0. The van der Waals surface area contributed by atoms with Crippen LogP contribution in [0.4, 0.5) is 0 Å². The molecule has 0 amide bonds. The summed E-state index contributed by atoms with van der Waals surface area (Å²) in [6.45, 7) is 15.7. The van der Waals surface area contributed by atoms with Crippen molar-refractivity contribution < 1.29 is 0 Å². The second-order valence-corrected chi connectivity index (χ2v) is 13.2. The van der Waals surface area contributed by atoms with Crippen LogP contribution < -0.4 is 16.0 Å². The van der Waals surface area contributed by atoms with Crippen LogP contribution in [0, 0.1) is 0 Å². The highest BCUT2D eigenvalue weighted by atomic mass is 15.2. The third kappa shape index (κ3) is 12.5. The van der Waals surface area contributed by atoms with Crippen molar-refractivity contribution in [3.8, 4) is 0 Å². The van der Waals surface area contributed by atoms with Gasteiger partial charge in [-0.15, -0.1) is 0 Å². The van der Waals surface area contributed by atoms with Crippen LogP contribution in [0.25, 0.3) is 0 Å². The van der Waals surface area contributed by atoms with Gasteiger partial charge in [-0.2, -0.15) is 0 Å². The predicted octanol–water partition coefficient (Wildman–Crippen LogP) is 4.45. The first-order chi connectivity index (χ1) is 18.8. The molecular formula is C32H64N6. The van der Waals surface area contributed by atoms with E-state index >= 15 is 0 Å². The molecule has 0 aliphatic carbocycles. The van der Waals surface area contributed by atoms with E-state index in [9.17, 15) is 0 Å². The number of rotatable bonds is 6. The molecule has 222 valence electrons. The van der Waals surface area contributed by atoms with Crippen molar-refractivity contribution in [3.05, 3.63) is 0 Å². The molecule has 2 unspecified atom stereocenters. The Labute approximate surface area is 236 Å². The van der Waals surface area contributed by atoms with Gasteiger partial charge in [0.1, 0.15) is 0 Å². The summed E-state index contributed by atoms with van der Waals surface area (Å²) in [7, 11) is 0. The number of piperidine rings is 1. The van der Waals surface area contributed by atoms with Gasteiger partial charge >= 0.3 is 0 Å². The van der Waals surface area contributed by atoms with Gasteiger partial charge in [0.15, 0.2) is 0 Å². The lowest BCUT2D eigenvalue weighted by Crippen LogP contribution is -2.42. The smallest absolute Gasteiger partial charge is 0.0195 e. The zero-order chi connectivity index (χ0) is 26.1. The topological polar surface area (TPSA) is 45.8 Å². The number of hydrogen-bond acceptors (Lipinski definition) is 6. The average molecular weight is 533 g/mol. The van der Waals surface area contributed by atoms with Gasteiger partial charge in [0.05, 0.1) is 0 Å². The van der Waals surface area contributed by atoms with Crippen LogP contribution in [-0.2, 0) is 0 Å². The normalized spacial score (nSPS) is 32.1. The number of nitrogens with one attached hydrogen (secondary N) is 3. The average Bonchev–Trinajstić information content (AvgIpc) is 3.68. The van der Waals surface area contributed by atoms with E-state index in [-0.39, 0.29) is 0 Å². The van der Waals surface area contributed by atoms with E-state index in [4.69, 9.17) is 0 Å². The quantitative estimate of drug-likeness (QED) is 0.470. The summed E-state index contributed by atoms with van der Waals surface area (Å²) < 4.78 is 0. The summed E-state index contributed by atoms with van der Waals surface area (Å²) in [5.41, 5.74) is 0. The van der Waals surface area contributed by atoms with Gasteiger partial charge in [0.25, 0.3) is 0 Å². The minimum Gasteiger partial charge on any atom is -0.313 e. The van der Waals surface area contributed by atoms with Gasteiger partial charge in [-0.25, -0.2) is 0 Å². The third-order valence-corrected chi connectivity index (χ3v) is 9.77. The first kappa shape index (κ1) is 30.7. The fourth-order valence-corrected chi connectivity index (χ4v) is 7.44. The van der Waals surface area contributed by atoms with E-state index in [0.717, 1.165) is 18.1 Å². The molecule has 0 bridgehead atoms. The monoisotopic (exact) mass is 533 g/mol. The molecule has 6 aliphatic heterocycles. The van der Waals surface area contributed by atoms with Gasteiger partial charge in [-0.1, -0.05) is 32.1 Å². The van der Waals surface area contributed by atoms with Gasteiger partial charge < -0.3 is 30.7 Å². The highest BCUT2D eigenvalue weighted by Crippen LogP contribution is 2.15. The van der Waals surface area contributed by atoms with Gasteiger partial charge in [-0.05, 0) is 136 Å². The van der Waals surface area contributed by atoms with Crippen LogP contribution >= 0.6 is 0 Å². The van der Waals surface area contributed by atoms with Crippen molar-refractivity contribution in [2.45, 2.75) is 127 Å². The molecule has 38 heavy (non-hydrogen) atoms. The van der Waals surface area contributed by atoms with Gasteiger partial charge in [0, 0.05) is 37.8 Å². The van der Waals surface area contributed by atoms with E-state index in [1.165, 1.54) is 188 Å². The van der Waals surface area contributed by atoms with Crippen molar-refractivity contribution in [2.24, 2.45) is 0 Å². The maximum atomic E-state index is 3.60. The summed E-state index contributed by atoms with van der Waals surface area (Å²) in [6, 6.07) is 2.41. The van der Waals surface area contributed by atoms with Crippen LogP contribution in [0.15, 0.2) is 0 Å². The maximum absolute atomic E-state index is 3.60. The summed E-state index contributed by atoms with van der Waals surface area (Å²) in [6.07, 6.45) is 24.1. The largest absolute Gasteiger partial charge is 0.313 e. The lowest BCUT2D eigenvalue weighted by atomic mass is 10.0. The standard InChI is InChI=1S/2C11H22N2.C10H20N2/c2*1-2-4-9-13(8-3-1)10-11-6-5-7-12-11;1-2-6-11-10(5-1)9-12-7-3-4-8-12/h2*11-12H,1-10H2;10-11H,1-9H2/t11-;;/m0../s1. The second kappa shape index (κ2) is 19.0. The minimum atomic E-state index is 0.803. The van der Waals surface area contributed by atoms with Crippen molar-refractivity contribution in [1.82, 2.24) is 30.7 Å². The molecule has 0 spiro atoms. The zero-order valence-electron chi connectivity index (χ0n) is 25.1. The van der Waals surface area contributed by atoms with E-state index in [1.807, 2.05) is 0 Å². The summed E-state index contributed by atoms with van der Waals surface area (Å²) >= 11 is 0. The Bertz CT molecular complexity index is 514. The molecule has 6 saturated heterocycles. The minimum absolute atomic E-state index is 0.803. The molecule has 3 atom stereocenters. The Morgan fingerprint density at radius 2 is 0.658 bits per heavy atom. The molecular weight excluding hydrogens is 468 g/mol. The SMILES string of the molecule is C1CCC(CN2CCCC2)NC1.C1CCCN(CC2CCCN2)CC1.C1CCCN(C[C@@H]2CCCN2)CC1. The van der Waals surface area contributed by atoms with Crippen molar-refractivity contribution in [1.29, 1.82) is 0 Å². The maximum Gasteiger partial charge on any atom is 0.0195 e. The fourth-order valence-electron chi connectivity index (χ4n) is 7.44. The van der Waals surface area contributed by atoms with Crippen LogP contribution in [0.1, 0.15) is 109 Å². The van der Waals surface area contributed by atoms with Crippen LogP contribution in [0.5, 0.6) is 0 Å². The molecule has 3 N–H and O–H groups in total. The molecule has 0 saturated carbocycles. The fraction of sp³-hybridized carbons (Fsp3) is 1.00. The van der Waals surface area contributed by atoms with Gasteiger partial charge in [0.2, 0.25) is 0 Å². The molecule has 6 heteroatoms. The van der Waals surface area contributed by atoms with Crippen molar-refractivity contribution in [3.63, 3.8) is 0 Å². The summed E-state index contributed by atoms with van der Waals surface area (Å²) in [4.78, 5) is 7.94. The van der Waals surface area contributed by atoms with Gasteiger partial charge in [-0.3, -0.25) is 0 Å². The first-order valence-electron chi connectivity index (χ1n) is 17.2. The van der Waals surface area contributed by atoms with E-state index in [1.54, 1.807) is 0 Å². The summed E-state index contributed by atoms with van der Waals surface area (Å²) in [5, 5.41) is 10.8. The molecule has 6 fully saturated rings. The molecule has 0 radical (unpaired) electrons. The molecule has 6 rings (SSSR count). The second-order valence-electron chi connectivity index (χ2n) is 13.2. The van der Waals surface area contributed by atoms with E-state index < -0.39 is 0 Å². The Morgan fingerprint density at radius 3 is 0.974 bits per heavy atom. The Morgan fingerprint density at radius 1 is 0.342 bits per heavy atom. The Balaban J connectivity index is 0.000000133. The van der Waals surface area contributed by atoms with Crippen LogP contribution in [0.3, 0.4) is 0 Å². The lowest BCUT2D eigenvalue weighted by Gasteiger charge is -2.27. The molecule has 6 aliphatic rings. The molecule has 0 aromatic heterocycles. The number of nitrogens with zero attached hydrogens (tertiary/aromatic N) is 3. The van der Waals surface area contributed by atoms with E-state index in [2.05, 4.69) is 30.7 Å². The first-order valence-corrected chi connectivity index (χ1v) is 17.2. The molecule has 6 nitrogen and oxygen atoms in total. The van der Waals surface area contributed by atoms with Crippen molar-refractivity contribution >= 4 is 0 Å². The molecule has 0 aromatic rings. The highest BCUT2D eigenvalue weighted by Gasteiger charge is 2.20.